The van der Waals surface area contributed by atoms with Crippen LogP contribution in [0.5, 0.6) is 0 Å². The standard InChI is InChI=1S/C17H24N4/c1-3-13-11-14(21(4-2)19-13)12-20-10-9-16(18)15-7-5-6-8-17(15)20/h5-8,11,16H,3-4,9-10,12,18H2,1-2H3. The summed E-state index contributed by atoms with van der Waals surface area (Å²) in [5.74, 6) is 0. The molecule has 2 N–H and O–H groups in total. The molecule has 2 heterocycles. The average Bonchev–Trinajstić information content (AvgIpc) is 2.92. The van der Waals surface area contributed by atoms with E-state index in [-0.39, 0.29) is 6.04 Å². The van der Waals surface area contributed by atoms with Gasteiger partial charge in [-0.2, -0.15) is 5.10 Å². The van der Waals surface area contributed by atoms with Crippen molar-refractivity contribution < 1.29 is 0 Å². The number of anilines is 1. The van der Waals surface area contributed by atoms with Crippen molar-refractivity contribution in [3.8, 4) is 0 Å². The molecule has 0 spiro atoms. The number of aromatic nitrogens is 2. The Bertz CT molecular complexity index is 617. The number of fused-ring (bicyclic) bond motifs is 1. The van der Waals surface area contributed by atoms with E-state index in [4.69, 9.17) is 5.73 Å². The molecule has 112 valence electrons. The van der Waals surface area contributed by atoms with Crippen molar-refractivity contribution >= 4 is 5.69 Å². The summed E-state index contributed by atoms with van der Waals surface area (Å²) in [4.78, 5) is 2.43. The summed E-state index contributed by atoms with van der Waals surface area (Å²) < 4.78 is 2.12. The third-order valence-corrected chi connectivity index (χ3v) is 4.32. The highest BCUT2D eigenvalue weighted by Crippen LogP contribution is 2.33. The lowest BCUT2D eigenvalue weighted by Crippen LogP contribution is -2.33. The third-order valence-electron chi connectivity index (χ3n) is 4.32. The van der Waals surface area contributed by atoms with E-state index in [9.17, 15) is 0 Å². The number of para-hydroxylation sites is 1. The number of rotatable bonds is 4. The first kappa shape index (κ1) is 14.1. The fourth-order valence-electron chi connectivity index (χ4n) is 3.11. The maximum absolute atomic E-state index is 6.24. The van der Waals surface area contributed by atoms with Crippen LogP contribution in [-0.2, 0) is 19.5 Å². The van der Waals surface area contributed by atoms with Crippen LogP contribution in [-0.4, -0.2) is 16.3 Å². The number of nitrogens with two attached hydrogens (primary N) is 1. The molecule has 1 unspecified atom stereocenters. The van der Waals surface area contributed by atoms with Crippen molar-refractivity contribution in [2.45, 2.75) is 45.8 Å². The lowest BCUT2D eigenvalue weighted by molar-refractivity contribution is 0.562. The highest BCUT2D eigenvalue weighted by Gasteiger charge is 2.23. The summed E-state index contributed by atoms with van der Waals surface area (Å²) in [6, 6.07) is 10.9. The first-order chi connectivity index (χ1) is 10.2. The Morgan fingerprint density at radius 1 is 1.29 bits per heavy atom. The van der Waals surface area contributed by atoms with Gasteiger partial charge in [0.05, 0.1) is 17.9 Å². The Hall–Kier alpha value is -1.81. The van der Waals surface area contributed by atoms with Crippen molar-refractivity contribution in [1.82, 2.24) is 9.78 Å². The highest BCUT2D eigenvalue weighted by molar-refractivity contribution is 5.57. The third kappa shape index (κ3) is 2.68. The number of hydrogen-bond acceptors (Lipinski definition) is 3. The molecule has 2 aromatic rings. The molecular weight excluding hydrogens is 260 g/mol. The van der Waals surface area contributed by atoms with Crippen LogP contribution in [0.3, 0.4) is 0 Å². The van der Waals surface area contributed by atoms with Gasteiger partial charge >= 0.3 is 0 Å². The van der Waals surface area contributed by atoms with Crippen molar-refractivity contribution in [3.63, 3.8) is 0 Å². The molecule has 0 saturated carbocycles. The number of aryl methyl sites for hydroxylation is 2. The normalized spacial score (nSPS) is 17.9. The van der Waals surface area contributed by atoms with Gasteiger partial charge in [-0.25, -0.2) is 0 Å². The highest BCUT2D eigenvalue weighted by atomic mass is 15.3. The fraction of sp³-hybridized carbons (Fsp3) is 0.471. The van der Waals surface area contributed by atoms with E-state index in [1.54, 1.807) is 0 Å². The molecule has 0 amide bonds. The Morgan fingerprint density at radius 3 is 2.86 bits per heavy atom. The summed E-state index contributed by atoms with van der Waals surface area (Å²) in [5.41, 5.74) is 11.2. The van der Waals surface area contributed by atoms with Crippen molar-refractivity contribution in [2.75, 3.05) is 11.4 Å². The van der Waals surface area contributed by atoms with Crippen LogP contribution in [0.2, 0.25) is 0 Å². The van der Waals surface area contributed by atoms with Gasteiger partial charge in [-0.05, 0) is 37.5 Å². The lowest BCUT2D eigenvalue weighted by atomic mass is 9.97. The first-order valence-electron chi connectivity index (χ1n) is 7.88. The molecule has 0 bridgehead atoms. The van der Waals surface area contributed by atoms with Crippen molar-refractivity contribution in [2.24, 2.45) is 5.73 Å². The van der Waals surface area contributed by atoms with E-state index in [1.165, 1.54) is 22.6 Å². The first-order valence-corrected chi connectivity index (χ1v) is 7.88. The second-order valence-electron chi connectivity index (χ2n) is 5.67. The molecule has 1 atom stereocenters. The van der Waals surface area contributed by atoms with Crippen LogP contribution < -0.4 is 10.6 Å². The quantitative estimate of drug-likeness (QED) is 0.939. The van der Waals surface area contributed by atoms with Gasteiger partial charge in [-0.1, -0.05) is 25.1 Å². The van der Waals surface area contributed by atoms with Crippen LogP contribution in [0.1, 0.15) is 43.3 Å². The van der Waals surface area contributed by atoms with Gasteiger partial charge in [0.15, 0.2) is 0 Å². The van der Waals surface area contributed by atoms with Crippen LogP contribution in [0.15, 0.2) is 30.3 Å². The maximum atomic E-state index is 6.24. The zero-order chi connectivity index (χ0) is 14.8. The van der Waals surface area contributed by atoms with Crippen LogP contribution >= 0.6 is 0 Å². The van der Waals surface area contributed by atoms with Gasteiger partial charge in [0, 0.05) is 24.8 Å². The van der Waals surface area contributed by atoms with Gasteiger partial charge in [0.2, 0.25) is 0 Å². The second kappa shape index (κ2) is 5.90. The van der Waals surface area contributed by atoms with Crippen molar-refractivity contribution in [1.29, 1.82) is 0 Å². The Balaban J connectivity index is 1.89. The zero-order valence-electron chi connectivity index (χ0n) is 12.9. The van der Waals surface area contributed by atoms with Gasteiger partial charge in [0.1, 0.15) is 0 Å². The Labute approximate surface area is 126 Å². The largest absolute Gasteiger partial charge is 0.365 e. The molecule has 1 aromatic heterocycles. The van der Waals surface area contributed by atoms with Gasteiger partial charge in [0.25, 0.3) is 0 Å². The zero-order valence-corrected chi connectivity index (χ0v) is 12.9. The topological polar surface area (TPSA) is 47.1 Å². The summed E-state index contributed by atoms with van der Waals surface area (Å²) >= 11 is 0. The molecule has 3 rings (SSSR count). The molecular formula is C17H24N4. The smallest absolute Gasteiger partial charge is 0.0625 e. The minimum atomic E-state index is 0.166. The van der Waals surface area contributed by atoms with Crippen LogP contribution in [0, 0.1) is 0 Å². The monoisotopic (exact) mass is 284 g/mol. The molecule has 1 aliphatic rings. The Morgan fingerprint density at radius 2 is 2.10 bits per heavy atom. The lowest BCUT2D eigenvalue weighted by Gasteiger charge is -2.34. The molecule has 21 heavy (non-hydrogen) atoms. The van der Waals surface area contributed by atoms with E-state index in [1.807, 2.05) is 0 Å². The van der Waals surface area contributed by atoms with Crippen molar-refractivity contribution in [3.05, 3.63) is 47.3 Å². The molecule has 4 heteroatoms. The minimum absolute atomic E-state index is 0.166. The van der Waals surface area contributed by atoms with E-state index >= 15 is 0 Å². The molecule has 1 aliphatic heterocycles. The van der Waals surface area contributed by atoms with E-state index in [0.717, 1.165) is 32.5 Å². The maximum Gasteiger partial charge on any atom is 0.0625 e. The number of nitrogens with zero attached hydrogens (tertiary/aromatic N) is 3. The fourth-order valence-corrected chi connectivity index (χ4v) is 3.11. The average molecular weight is 284 g/mol. The van der Waals surface area contributed by atoms with E-state index < -0.39 is 0 Å². The van der Waals surface area contributed by atoms with Gasteiger partial charge in [-0.15, -0.1) is 0 Å². The molecule has 0 saturated heterocycles. The van der Waals surface area contributed by atoms with Gasteiger partial charge in [-0.3, -0.25) is 4.68 Å². The summed E-state index contributed by atoms with van der Waals surface area (Å²) in [7, 11) is 0. The minimum Gasteiger partial charge on any atom is -0.365 e. The van der Waals surface area contributed by atoms with Crippen LogP contribution in [0.4, 0.5) is 5.69 Å². The second-order valence-corrected chi connectivity index (χ2v) is 5.67. The predicted molar refractivity (Wildman–Crippen MR) is 86.3 cm³/mol. The molecule has 0 aliphatic carbocycles. The van der Waals surface area contributed by atoms with E-state index in [0.29, 0.717) is 0 Å². The SMILES string of the molecule is CCc1cc(CN2CCC(N)c3ccccc32)n(CC)n1. The molecule has 0 fully saturated rings. The van der Waals surface area contributed by atoms with E-state index in [2.05, 4.69) is 58.9 Å². The summed E-state index contributed by atoms with van der Waals surface area (Å²) in [6.45, 7) is 7.14. The van der Waals surface area contributed by atoms with Gasteiger partial charge < -0.3 is 10.6 Å². The number of benzene rings is 1. The molecule has 0 radical (unpaired) electrons. The Kier molecular flexibility index (Phi) is 3.97. The van der Waals surface area contributed by atoms with Crippen LogP contribution in [0.25, 0.3) is 0 Å². The molecule has 1 aromatic carbocycles. The summed E-state index contributed by atoms with van der Waals surface area (Å²) in [6.07, 6.45) is 2.00. The summed E-state index contributed by atoms with van der Waals surface area (Å²) in [5, 5.41) is 4.65. The molecule has 4 nitrogen and oxygen atoms in total. The predicted octanol–water partition coefficient (Wildman–Crippen LogP) is 2.88. The number of hydrogen-bond donors (Lipinski definition) is 1.